The van der Waals surface area contributed by atoms with Crippen LogP contribution < -0.4 is 10.1 Å². The Morgan fingerprint density at radius 3 is 2.27 bits per heavy atom. The number of hydrogen-bond donors (Lipinski definition) is 1. The van der Waals surface area contributed by atoms with Gasteiger partial charge in [-0.15, -0.1) is 0 Å². The molecule has 30 heavy (non-hydrogen) atoms. The Kier molecular flexibility index (Phi) is 6.86. The molecule has 1 unspecified atom stereocenters. The van der Waals surface area contributed by atoms with E-state index in [4.69, 9.17) is 4.74 Å². The van der Waals surface area contributed by atoms with Crippen LogP contribution in [0.2, 0.25) is 0 Å². The smallest absolute Gasteiger partial charge is 0.265 e. The number of nitrogens with one attached hydrogen (secondary N) is 1. The van der Waals surface area contributed by atoms with Crippen LogP contribution in [0.1, 0.15) is 19.4 Å². The van der Waals surface area contributed by atoms with Crippen molar-refractivity contribution in [2.75, 3.05) is 12.4 Å². The summed E-state index contributed by atoms with van der Waals surface area (Å²) in [7, 11) is 1.74. The van der Waals surface area contributed by atoms with Crippen LogP contribution in [0.15, 0.2) is 78.9 Å². The van der Waals surface area contributed by atoms with Crippen LogP contribution in [0.4, 0.5) is 5.69 Å². The summed E-state index contributed by atoms with van der Waals surface area (Å²) in [6.45, 7) is 3.73. The zero-order chi connectivity index (χ0) is 21.5. The van der Waals surface area contributed by atoms with Crippen molar-refractivity contribution < 1.29 is 14.3 Å². The molecule has 5 heteroatoms. The Balaban J connectivity index is 1.59. The highest BCUT2D eigenvalue weighted by Gasteiger charge is 2.15. The van der Waals surface area contributed by atoms with Crippen LogP contribution >= 0.6 is 0 Å². The first-order valence-corrected chi connectivity index (χ1v) is 9.86. The number of hydrogen-bond acceptors (Lipinski definition) is 3. The Morgan fingerprint density at radius 2 is 1.60 bits per heavy atom. The molecule has 2 amide bonds. The van der Waals surface area contributed by atoms with Crippen LogP contribution in [0, 0.1) is 0 Å². The standard InChI is InChI=1S/C25H26N2O3/c1-18(30-24-14-12-22(13-15-24)21-9-5-4-6-10-21)25(29)26-23-11-7-8-20(16-23)17-27(3)19(2)28/h4-16,18H,17H2,1-3H3,(H,26,29). The summed E-state index contributed by atoms with van der Waals surface area (Å²) < 4.78 is 5.80. The molecule has 0 saturated carbocycles. The summed E-state index contributed by atoms with van der Waals surface area (Å²) in [5.74, 6) is 0.387. The van der Waals surface area contributed by atoms with Crippen LogP contribution in [0.5, 0.6) is 5.75 Å². The molecule has 0 bridgehead atoms. The summed E-state index contributed by atoms with van der Waals surface area (Å²) in [4.78, 5) is 25.6. The number of nitrogens with zero attached hydrogens (tertiary/aromatic N) is 1. The molecule has 0 heterocycles. The molecule has 0 aliphatic heterocycles. The zero-order valence-corrected chi connectivity index (χ0v) is 17.5. The second-order valence-corrected chi connectivity index (χ2v) is 7.22. The van der Waals surface area contributed by atoms with Crippen molar-refractivity contribution in [2.24, 2.45) is 0 Å². The molecule has 154 valence electrons. The molecule has 1 atom stereocenters. The van der Waals surface area contributed by atoms with Gasteiger partial charge >= 0.3 is 0 Å². The molecular weight excluding hydrogens is 376 g/mol. The minimum atomic E-state index is -0.656. The van der Waals surface area contributed by atoms with Crippen LogP contribution in [0.25, 0.3) is 11.1 Å². The summed E-state index contributed by atoms with van der Waals surface area (Å²) in [5.41, 5.74) is 3.83. The lowest BCUT2D eigenvalue weighted by Crippen LogP contribution is -2.30. The van der Waals surface area contributed by atoms with E-state index in [0.29, 0.717) is 18.0 Å². The van der Waals surface area contributed by atoms with E-state index in [0.717, 1.165) is 16.7 Å². The molecule has 0 radical (unpaired) electrons. The lowest BCUT2D eigenvalue weighted by molar-refractivity contribution is -0.128. The fourth-order valence-corrected chi connectivity index (χ4v) is 2.99. The van der Waals surface area contributed by atoms with Crippen molar-refractivity contribution in [1.82, 2.24) is 4.90 Å². The van der Waals surface area contributed by atoms with Gasteiger partial charge in [-0.3, -0.25) is 9.59 Å². The second kappa shape index (κ2) is 9.74. The minimum absolute atomic E-state index is 0.00950. The number of amides is 2. The highest BCUT2D eigenvalue weighted by molar-refractivity contribution is 5.94. The van der Waals surface area contributed by atoms with Crippen molar-refractivity contribution >= 4 is 17.5 Å². The third kappa shape index (κ3) is 5.70. The van der Waals surface area contributed by atoms with E-state index in [1.54, 1.807) is 18.9 Å². The molecule has 3 aromatic carbocycles. The fraction of sp³-hybridized carbons (Fsp3) is 0.200. The number of rotatable bonds is 7. The van der Waals surface area contributed by atoms with Gasteiger partial charge in [-0.25, -0.2) is 0 Å². The molecule has 0 fully saturated rings. The number of ether oxygens (including phenoxy) is 1. The average molecular weight is 402 g/mol. The van der Waals surface area contributed by atoms with E-state index < -0.39 is 6.10 Å². The SMILES string of the molecule is CC(=O)N(C)Cc1cccc(NC(=O)C(C)Oc2ccc(-c3ccccc3)cc2)c1. The van der Waals surface area contributed by atoms with Gasteiger partial charge in [-0.1, -0.05) is 54.6 Å². The highest BCUT2D eigenvalue weighted by atomic mass is 16.5. The van der Waals surface area contributed by atoms with Gasteiger partial charge in [0.15, 0.2) is 6.10 Å². The van der Waals surface area contributed by atoms with E-state index in [-0.39, 0.29) is 11.8 Å². The van der Waals surface area contributed by atoms with E-state index in [9.17, 15) is 9.59 Å². The maximum atomic E-state index is 12.5. The first-order chi connectivity index (χ1) is 14.4. The lowest BCUT2D eigenvalue weighted by Gasteiger charge is -2.17. The van der Waals surface area contributed by atoms with Gasteiger partial charge in [0.2, 0.25) is 5.91 Å². The van der Waals surface area contributed by atoms with Gasteiger partial charge in [0.05, 0.1) is 0 Å². The molecule has 0 aromatic heterocycles. The van der Waals surface area contributed by atoms with Gasteiger partial charge in [0.1, 0.15) is 5.75 Å². The van der Waals surface area contributed by atoms with Crippen LogP contribution in [-0.4, -0.2) is 29.9 Å². The predicted octanol–water partition coefficient (Wildman–Crippen LogP) is 4.74. The lowest BCUT2D eigenvalue weighted by atomic mass is 10.1. The maximum Gasteiger partial charge on any atom is 0.265 e. The topological polar surface area (TPSA) is 58.6 Å². The summed E-state index contributed by atoms with van der Waals surface area (Å²) in [5, 5.41) is 2.87. The monoisotopic (exact) mass is 402 g/mol. The summed E-state index contributed by atoms with van der Waals surface area (Å²) >= 11 is 0. The fourth-order valence-electron chi connectivity index (χ4n) is 2.99. The predicted molar refractivity (Wildman–Crippen MR) is 119 cm³/mol. The van der Waals surface area contributed by atoms with Crippen molar-refractivity contribution in [3.63, 3.8) is 0 Å². The molecule has 3 rings (SSSR count). The number of carbonyl (C=O) groups is 2. The Hall–Kier alpha value is -3.60. The number of anilines is 1. The molecule has 0 aliphatic rings. The van der Waals surface area contributed by atoms with E-state index in [2.05, 4.69) is 5.32 Å². The van der Waals surface area contributed by atoms with Crippen molar-refractivity contribution in [1.29, 1.82) is 0 Å². The Labute approximate surface area is 177 Å². The van der Waals surface area contributed by atoms with E-state index in [1.165, 1.54) is 6.92 Å². The molecule has 1 N–H and O–H groups in total. The zero-order valence-electron chi connectivity index (χ0n) is 17.5. The quantitative estimate of drug-likeness (QED) is 0.621. The average Bonchev–Trinajstić information content (AvgIpc) is 2.75. The van der Waals surface area contributed by atoms with Crippen LogP contribution in [0.3, 0.4) is 0 Å². The highest BCUT2D eigenvalue weighted by Crippen LogP contribution is 2.23. The normalized spacial score (nSPS) is 11.4. The van der Waals surface area contributed by atoms with Crippen molar-refractivity contribution in [3.05, 3.63) is 84.4 Å². The van der Waals surface area contributed by atoms with Gasteiger partial charge in [-0.05, 0) is 47.9 Å². The van der Waals surface area contributed by atoms with Gasteiger partial charge in [0.25, 0.3) is 5.91 Å². The molecule has 5 nitrogen and oxygen atoms in total. The minimum Gasteiger partial charge on any atom is -0.481 e. The summed E-state index contributed by atoms with van der Waals surface area (Å²) in [6, 6.07) is 25.2. The maximum absolute atomic E-state index is 12.5. The number of carbonyl (C=O) groups excluding carboxylic acids is 2. The van der Waals surface area contributed by atoms with E-state index >= 15 is 0 Å². The summed E-state index contributed by atoms with van der Waals surface area (Å²) in [6.07, 6.45) is -0.656. The van der Waals surface area contributed by atoms with Gasteiger partial charge in [-0.2, -0.15) is 0 Å². The first kappa shape index (κ1) is 21.1. The molecule has 0 aliphatic carbocycles. The largest absolute Gasteiger partial charge is 0.481 e. The van der Waals surface area contributed by atoms with Gasteiger partial charge < -0.3 is 15.0 Å². The molecular formula is C25H26N2O3. The molecule has 0 saturated heterocycles. The van der Waals surface area contributed by atoms with Gasteiger partial charge in [0, 0.05) is 26.2 Å². The molecule has 3 aromatic rings. The Bertz CT molecular complexity index is 1000. The first-order valence-electron chi connectivity index (χ1n) is 9.86. The Morgan fingerprint density at radius 1 is 0.933 bits per heavy atom. The van der Waals surface area contributed by atoms with Crippen LogP contribution in [-0.2, 0) is 16.1 Å². The molecule has 0 spiro atoms. The second-order valence-electron chi connectivity index (χ2n) is 7.22. The third-order valence-electron chi connectivity index (χ3n) is 4.80. The van der Waals surface area contributed by atoms with Crippen molar-refractivity contribution in [2.45, 2.75) is 26.5 Å². The number of benzene rings is 3. The van der Waals surface area contributed by atoms with Crippen molar-refractivity contribution in [3.8, 4) is 16.9 Å². The third-order valence-corrected chi connectivity index (χ3v) is 4.80. The van der Waals surface area contributed by atoms with E-state index in [1.807, 2.05) is 78.9 Å².